The molecule has 0 bridgehead atoms. The normalized spacial score (nSPS) is 27.4. The minimum Gasteiger partial charge on any atom is -0.480 e. The summed E-state index contributed by atoms with van der Waals surface area (Å²) in [6.45, 7) is 2.43. The Kier molecular flexibility index (Phi) is 7.59. The Bertz CT molecular complexity index is 952. The molecule has 4 rings (SSSR count). The van der Waals surface area contributed by atoms with E-state index in [0.717, 1.165) is 67.0 Å². The Hall–Kier alpha value is -1.72. The third-order valence-electron chi connectivity index (χ3n) is 7.33. The van der Waals surface area contributed by atoms with Crippen LogP contribution in [-0.4, -0.2) is 64.4 Å². The molecule has 1 saturated heterocycles. The first kappa shape index (κ1) is 24.4. The summed E-state index contributed by atoms with van der Waals surface area (Å²) in [7, 11) is -3.97. The monoisotopic (exact) mass is 498 g/mol. The number of carbonyl (C=O) groups is 2. The molecule has 1 atom stereocenters. The van der Waals surface area contributed by atoms with E-state index < -0.39 is 22.0 Å². The fraction of sp³-hybridized carbons (Fsp3) is 0.773. The number of amides is 2. The number of carbonyl (C=O) groups excluding carboxylic acids is 1. The number of hydrogen-bond donors (Lipinski definition) is 2. The first-order valence-electron chi connectivity index (χ1n) is 12.1. The Morgan fingerprint density at radius 3 is 2.39 bits per heavy atom. The number of thiazole rings is 1. The second-order valence-electron chi connectivity index (χ2n) is 9.64. The summed E-state index contributed by atoms with van der Waals surface area (Å²) in [5.74, 6) is -0.455. The van der Waals surface area contributed by atoms with E-state index in [1.54, 1.807) is 0 Å². The topological polar surface area (TPSA) is 120 Å². The van der Waals surface area contributed by atoms with Gasteiger partial charge in [0.05, 0.1) is 6.20 Å². The van der Waals surface area contributed by atoms with Gasteiger partial charge in [0, 0.05) is 18.6 Å². The molecule has 184 valence electrons. The van der Waals surface area contributed by atoms with Crippen LogP contribution >= 0.6 is 11.3 Å². The van der Waals surface area contributed by atoms with Crippen LogP contribution in [0, 0.1) is 5.92 Å². The van der Waals surface area contributed by atoms with E-state index in [2.05, 4.69) is 17.2 Å². The van der Waals surface area contributed by atoms with Gasteiger partial charge in [0.25, 0.3) is 10.0 Å². The summed E-state index contributed by atoms with van der Waals surface area (Å²) >= 11 is 0.888. The Balaban J connectivity index is 1.49. The quantitative estimate of drug-likeness (QED) is 0.609. The number of urea groups is 1. The molecule has 2 aliphatic carbocycles. The zero-order valence-electron chi connectivity index (χ0n) is 19.1. The third-order valence-corrected chi connectivity index (χ3v) is 10.6. The lowest BCUT2D eigenvalue weighted by Crippen LogP contribution is -2.51. The predicted octanol–water partition coefficient (Wildman–Crippen LogP) is 4.13. The van der Waals surface area contributed by atoms with Crippen LogP contribution in [0.5, 0.6) is 0 Å². The molecule has 33 heavy (non-hydrogen) atoms. The molecule has 2 N–H and O–H groups in total. The van der Waals surface area contributed by atoms with Gasteiger partial charge >= 0.3 is 12.0 Å². The van der Waals surface area contributed by atoms with Crippen molar-refractivity contribution in [3.63, 3.8) is 0 Å². The maximum absolute atomic E-state index is 13.4. The highest BCUT2D eigenvalue weighted by Crippen LogP contribution is 2.34. The molecule has 3 aliphatic rings. The van der Waals surface area contributed by atoms with Crippen molar-refractivity contribution >= 4 is 38.5 Å². The molecule has 2 saturated carbocycles. The van der Waals surface area contributed by atoms with Crippen LogP contribution in [0.2, 0.25) is 0 Å². The van der Waals surface area contributed by atoms with Crippen LogP contribution < -0.4 is 5.32 Å². The van der Waals surface area contributed by atoms with Crippen molar-refractivity contribution in [2.75, 3.05) is 11.9 Å². The Morgan fingerprint density at radius 1 is 1.06 bits per heavy atom. The highest BCUT2D eigenvalue weighted by atomic mass is 32.2. The lowest BCUT2D eigenvalue weighted by atomic mass is 9.84. The molecule has 9 nitrogen and oxygen atoms in total. The third kappa shape index (κ3) is 5.35. The van der Waals surface area contributed by atoms with Crippen molar-refractivity contribution in [1.82, 2.24) is 14.2 Å². The van der Waals surface area contributed by atoms with Crippen molar-refractivity contribution in [1.29, 1.82) is 0 Å². The average Bonchev–Trinajstić information content (AvgIpc) is 3.47. The smallest absolute Gasteiger partial charge is 0.324 e. The number of rotatable bonds is 6. The number of nitrogens with zero attached hydrogens (tertiary/aromatic N) is 3. The van der Waals surface area contributed by atoms with Gasteiger partial charge in [0.15, 0.2) is 9.34 Å². The Morgan fingerprint density at radius 2 is 1.73 bits per heavy atom. The molecule has 2 heterocycles. The van der Waals surface area contributed by atoms with Crippen molar-refractivity contribution in [2.45, 2.75) is 99.9 Å². The fourth-order valence-electron chi connectivity index (χ4n) is 5.49. The summed E-state index contributed by atoms with van der Waals surface area (Å²) in [6, 6.07) is -0.843. The molecule has 0 aromatic carbocycles. The van der Waals surface area contributed by atoms with Gasteiger partial charge in [-0.2, -0.15) is 4.31 Å². The molecule has 0 unspecified atom stereocenters. The first-order chi connectivity index (χ1) is 15.8. The standard InChI is InChI=1S/C22H34N4O5S2/c1-15-9-11-17(12-10-15)26(16-6-3-2-4-7-16)22(29)24-21-23-14-19(32-21)33(30,31)25-13-5-8-18(25)20(27)28/h14-18H,2-13H2,1H3,(H,27,28)(H,23,24,29)/t15-,17-,18-/m0/s1. The van der Waals surface area contributed by atoms with Gasteiger partial charge in [-0.25, -0.2) is 18.2 Å². The summed E-state index contributed by atoms with van der Waals surface area (Å²) in [5, 5.41) is 12.5. The van der Waals surface area contributed by atoms with Gasteiger partial charge in [-0.15, -0.1) is 0 Å². The minimum atomic E-state index is -3.97. The van der Waals surface area contributed by atoms with Crippen LogP contribution in [-0.2, 0) is 14.8 Å². The van der Waals surface area contributed by atoms with Crippen LogP contribution in [0.25, 0.3) is 0 Å². The van der Waals surface area contributed by atoms with Crippen molar-refractivity contribution in [3.05, 3.63) is 6.20 Å². The fourth-order valence-corrected chi connectivity index (χ4v) is 8.29. The van der Waals surface area contributed by atoms with Gasteiger partial charge in [0.2, 0.25) is 0 Å². The minimum absolute atomic E-state index is 0.0401. The van der Waals surface area contributed by atoms with Gasteiger partial charge in [-0.3, -0.25) is 10.1 Å². The number of aromatic nitrogens is 1. The second-order valence-corrected chi connectivity index (χ2v) is 12.8. The summed E-state index contributed by atoms with van der Waals surface area (Å²) in [6.07, 6.45) is 11.7. The van der Waals surface area contributed by atoms with Crippen molar-refractivity contribution in [2.24, 2.45) is 5.92 Å². The lowest BCUT2D eigenvalue weighted by molar-refractivity contribution is -0.140. The molecule has 1 aromatic heterocycles. The molecule has 3 fully saturated rings. The largest absolute Gasteiger partial charge is 0.480 e. The van der Waals surface area contributed by atoms with Gasteiger partial charge in [-0.1, -0.05) is 37.5 Å². The number of carboxylic acid groups (broad SMARTS) is 1. The highest BCUT2D eigenvalue weighted by Gasteiger charge is 2.41. The summed E-state index contributed by atoms with van der Waals surface area (Å²) in [4.78, 5) is 31.0. The molecular weight excluding hydrogens is 464 g/mol. The Labute approximate surface area is 199 Å². The van der Waals surface area contributed by atoms with Crippen molar-refractivity contribution < 1.29 is 23.1 Å². The van der Waals surface area contributed by atoms with E-state index in [1.165, 1.54) is 12.6 Å². The van der Waals surface area contributed by atoms with E-state index in [1.807, 2.05) is 4.90 Å². The van der Waals surface area contributed by atoms with Crippen LogP contribution in [0.4, 0.5) is 9.93 Å². The molecule has 0 spiro atoms. The van der Waals surface area contributed by atoms with Crippen LogP contribution in [0.15, 0.2) is 10.4 Å². The van der Waals surface area contributed by atoms with Gasteiger partial charge in [-0.05, 0) is 57.3 Å². The SMILES string of the molecule is C[C@H]1CC[C@H](N(C(=O)Nc2ncc(S(=O)(=O)N3CCC[C@H]3C(=O)O)s2)C2CCCCC2)CC1. The maximum atomic E-state index is 13.4. The van der Waals surface area contributed by atoms with E-state index >= 15 is 0 Å². The number of carboxylic acids is 1. The van der Waals surface area contributed by atoms with Gasteiger partial charge < -0.3 is 10.0 Å². The lowest BCUT2D eigenvalue weighted by Gasteiger charge is -2.42. The molecule has 11 heteroatoms. The maximum Gasteiger partial charge on any atom is 0.324 e. The number of hydrogen-bond acceptors (Lipinski definition) is 6. The molecule has 2 amide bonds. The first-order valence-corrected chi connectivity index (χ1v) is 14.3. The van der Waals surface area contributed by atoms with E-state index in [-0.39, 0.29) is 34.0 Å². The van der Waals surface area contributed by atoms with Gasteiger partial charge in [0.1, 0.15) is 6.04 Å². The summed E-state index contributed by atoms with van der Waals surface area (Å²) in [5.41, 5.74) is 0. The zero-order chi connectivity index (χ0) is 23.6. The van der Waals surface area contributed by atoms with Crippen LogP contribution in [0.1, 0.15) is 77.6 Å². The van der Waals surface area contributed by atoms with E-state index in [4.69, 9.17) is 0 Å². The molecular formula is C22H34N4O5S2. The molecule has 0 radical (unpaired) electrons. The number of sulfonamides is 1. The zero-order valence-corrected chi connectivity index (χ0v) is 20.7. The average molecular weight is 499 g/mol. The van der Waals surface area contributed by atoms with E-state index in [0.29, 0.717) is 18.8 Å². The van der Waals surface area contributed by atoms with Crippen molar-refractivity contribution in [3.8, 4) is 0 Å². The summed E-state index contributed by atoms with van der Waals surface area (Å²) < 4.78 is 27.0. The number of nitrogens with one attached hydrogen (secondary N) is 1. The molecule has 1 aliphatic heterocycles. The number of aliphatic carboxylic acids is 1. The molecule has 1 aromatic rings. The second kappa shape index (κ2) is 10.3. The number of anilines is 1. The predicted molar refractivity (Wildman–Crippen MR) is 126 cm³/mol. The van der Waals surface area contributed by atoms with Crippen LogP contribution in [0.3, 0.4) is 0 Å². The van der Waals surface area contributed by atoms with E-state index in [9.17, 15) is 23.1 Å². The highest BCUT2D eigenvalue weighted by molar-refractivity contribution is 7.91.